The molecule has 120 valence electrons. The van der Waals surface area contributed by atoms with E-state index in [4.69, 9.17) is 4.74 Å². The van der Waals surface area contributed by atoms with E-state index in [0.29, 0.717) is 5.75 Å². The number of aromatic nitrogens is 3. The zero-order chi connectivity index (χ0) is 16.4. The Morgan fingerprint density at radius 3 is 2.55 bits per heavy atom. The Kier molecular flexibility index (Phi) is 4.68. The number of ether oxygens (including phenoxy) is 1. The normalized spacial score (nSPS) is 11.5. The van der Waals surface area contributed by atoms with Crippen LogP contribution in [0.25, 0.3) is 11.0 Å². The highest BCUT2D eigenvalue weighted by Crippen LogP contribution is 2.24. The predicted molar refractivity (Wildman–Crippen MR) is 85.9 cm³/mol. The van der Waals surface area contributed by atoms with Gasteiger partial charge < -0.3 is 9.64 Å². The Balaban J connectivity index is 2.20. The Hall–Kier alpha value is -2.11. The van der Waals surface area contributed by atoms with Crippen LogP contribution in [0.2, 0.25) is 0 Å². The molecule has 0 saturated heterocycles. The summed E-state index contributed by atoms with van der Waals surface area (Å²) in [6.45, 7) is 9.95. The maximum absolute atomic E-state index is 12.4. The molecule has 0 bridgehead atoms. The highest BCUT2D eigenvalue weighted by atomic mass is 16.5. The van der Waals surface area contributed by atoms with E-state index >= 15 is 0 Å². The summed E-state index contributed by atoms with van der Waals surface area (Å²) < 4.78 is 7.47. The van der Waals surface area contributed by atoms with Gasteiger partial charge in [-0.05, 0) is 34.6 Å². The van der Waals surface area contributed by atoms with Gasteiger partial charge in [0.25, 0.3) is 5.91 Å². The number of hydrogen-bond donors (Lipinski definition) is 0. The van der Waals surface area contributed by atoms with Crippen LogP contribution in [0.15, 0.2) is 12.3 Å². The molecule has 6 nitrogen and oxygen atoms in total. The summed E-state index contributed by atoms with van der Waals surface area (Å²) in [4.78, 5) is 18.7. The zero-order valence-corrected chi connectivity index (χ0v) is 14.1. The van der Waals surface area contributed by atoms with Crippen molar-refractivity contribution in [2.24, 2.45) is 7.05 Å². The van der Waals surface area contributed by atoms with E-state index in [-0.39, 0.29) is 24.6 Å². The minimum absolute atomic E-state index is 0.0171. The SMILES string of the molecule is Cc1cc(OCC(=O)N(C(C)C)C(C)C)c2cnn(C)c2n1. The van der Waals surface area contributed by atoms with Crippen LogP contribution in [0.4, 0.5) is 0 Å². The lowest BCUT2D eigenvalue weighted by molar-refractivity contribution is -0.136. The molecule has 0 unspecified atom stereocenters. The first-order valence-electron chi connectivity index (χ1n) is 7.54. The van der Waals surface area contributed by atoms with Gasteiger partial charge in [-0.15, -0.1) is 0 Å². The van der Waals surface area contributed by atoms with Gasteiger partial charge >= 0.3 is 0 Å². The second-order valence-electron chi connectivity index (χ2n) is 6.04. The summed E-state index contributed by atoms with van der Waals surface area (Å²) in [5, 5.41) is 5.02. The first-order valence-corrected chi connectivity index (χ1v) is 7.54. The van der Waals surface area contributed by atoms with Gasteiger partial charge in [-0.25, -0.2) is 4.98 Å². The van der Waals surface area contributed by atoms with Crippen LogP contribution in [0.5, 0.6) is 5.75 Å². The van der Waals surface area contributed by atoms with Crippen molar-refractivity contribution >= 4 is 16.9 Å². The van der Waals surface area contributed by atoms with E-state index in [9.17, 15) is 4.79 Å². The van der Waals surface area contributed by atoms with E-state index in [1.54, 1.807) is 10.9 Å². The molecule has 0 aromatic carbocycles. The Morgan fingerprint density at radius 1 is 1.32 bits per heavy atom. The zero-order valence-electron chi connectivity index (χ0n) is 14.1. The summed E-state index contributed by atoms with van der Waals surface area (Å²) in [6.07, 6.45) is 1.71. The largest absolute Gasteiger partial charge is 0.483 e. The molecule has 0 aliphatic carbocycles. The van der Waals surface area contributed by atoms with Gasteiger partial charge in [-0.1, -0.05) is 0 Å². The Labute approximate surface area is 131 Å². The lowest BCUT2D eigenvalue weighted by Crippen LogP contribution is -2.44. The van der Waals surface area contributed by atoms with Gasteiger partial charge in [0.15, 0.2) is 12.3 Å². The minimum Gasteiger partial charge on any atom is -0.483 e. The van der Waals surface area contributed by atoms with Crippen LogP contribution in [0, 0.1) is 6.92 Å². The number of carbonyl (C=O) groups is 1. The second-order valence-corrected chi connectivity index (χ2v) is 6.04. The van der Waals surface area contributed by atoms with Gasteiger partial charge in [0.05, 0.1) is 11.6 Å². The summed E-state index contributed by atoms with van der Waals surface area (Å²) in [6, 6.07) is 2.13. The molecule has 6 heteroatoms. The molecule has 0 saturated carbocycles. The average Bonchev–Trinajstić information content (AvgIpc) is 2.77. The van der Waals surface area contributed by atoms with Gasteiger partial charge in [-0.3, -0.25) is 9.48 Å². The van der Waals surface area contributed by atoms with Gasteiger partial charge in [0, 0.05) is 30.9 Å². The molecule has 0 aliphatic heterocycles. The van der Waals surface area contributed by atoms with Crippen LogP contribution in [-0.2, 0) is 11.8 Å². The molecular formula is C16H24N4O2. The van der Waals surface area contributed by atoms with Crippen molar-refractivity contribution in [3.8, 4) is 5.75 Å². The van der Waals surface area contributed by atoms with Gasteiger partial charge in [0.2, 0.25) is 0 Å². The van der Waals surface area contributed by atoms with Crippen LogP contribution in [-0.4, -0.2) is 44.3 Å². The average molecular weight is 304 g/mol. The standard InChI is InChI=1S/C16H24N4O2/c1-10(2)20(11(3)4)15(21)9-22-14-7-12(5)18-16-13(14)8-17-19(16)6/h7-8,10-11H,9H2,1-6H3. The van der Waals surface area contributed by atoms with E-state index in [1.165, 1.54) is 0 Å². The van der Waals surface area contributed by atoms with E-state index in [2.05, 4.69) is 10.1 Å². The van der Waals surface area contributed by atoms with Crippen molar-refractivity contribution in [3.05, 3.63) is 18.0 Å². The Bertz CT molecular complexity index is 668. The number of carbonyl (C=O) groups excluding carboxylic acids is 1. The first kappa shape index (κ1) is 16.3. The smallest absolute Gasteiger partial charge is 0.260 e. The number of nitrogens with zero attached hydrogens (tertiary/aromatic N) is 4. The van der Waals surface area contributed by atoms with Crippen LogP contribution in [0.3, 0.4) is 0 Å². The highest BCUT2D eigenvalue weighted by molar-refractivity contribution is 5.83. The lowest BCUT2D eigenvalue weighted by Gasteiger charge is -2.30. The number of aryl methyl sites for hydroxylation is 2. The van der Waals surface area contributed by atoms with Gasteiger partial charge in [-0.2, -0.15) is 5.10 Å². The van der Waals surface area contributed by atoms with Crippen molar-refractivity contribution in [1.82, 2.24) is 19.7 Å². The van der Waals surface area contributed by atoms with Crippen molar-refractivity contribution in [3.63, 3.8) is 0 Å². The van der Waals surface area contributed by atoms with Gasteiger partial charge in [0.1, 0.15) is 5.75 Å². The third-order valence-electron chi connectivity index (χ3n) is 3.55. The topological polar surface area (TPSA) is 60.2 Å². The first-order chi connectivity index (χ1) is 10.3. The van der Waals surface area contributed by atoms with Crippen molar-refractivity contribution in [2.45, 2.75) is 46.7 Å². The fraction of sp³-hybridized carbons (Fsp3) is 0.562. The van der Waals surface area contributed by atoms with Crippen molar-refractivity contribution < 1.29 is 9.53 Å². The van der Waals surface area contributed by atoms with Crippen LogP contribution in [0.1, 0.15) is 33.4 Å². The van der Waals surface area contributed by atoms with Crippen molar-refractivity contribution in [2.75, 3.05) is 6.61 Å². The number of amides is 1. The number of rotatable bonds is 5. The van der Waals surface area contributed by atoms with Crippen LogP contribution < -0.4 is 4.74 Å². The molecule has 2 aromatic heterocycles. The Morgan fingerprint density at radius 2 is 1.95 bits per heavy atom. The second kappa shape index (κ2) is 6.34. The molecule has 2 heterocycles. The molecule has 0 atom stereocenters. The molecular weight excluding hydrogens is 280 g/mol. The summed E-state index contributed by atoms with van der Waals surface area (Å²) in [5.74, 6) is 0.632. The molecule has 22 heavy (non-hydrogen) atoms. The van der Waals surface area contributed by atoms with Crippen LogP contribution >= 0.6 is 0 Å². The third kappa shape index (κ3) is 3.21. The molecule has 2 aromatic rings. The highest BCUT2D eigenvalue weighted by Gasteiger charge is 2.21. The predicted octanol–water partition coefficient (Wildman–Crippen LogP) is 2.30. The molecule has 0 aliphatic rings. The monoisotopic (exact) mass is 304 g/mol. The fourth-order valence-electron chi connectivity index (χ4n) is 2.71. The molecule has 1 amide bonds. The maximum atomic E-state index is 12.4. The maximum Gasteiger partial charge on any atom is 0.260 e. The quantitative estimate of drug-likeness (QED) is 0.850. The summed E-state index contributed by atoms with van der Waals surface area (Å²) >= 11 is 0. The number of hydrogen-bond acceptors (Lipinski definition) is 4. The van der Waals surface area contributed by atoms with Crippen molar-refractivity contribution in [1.29, 1.82) is 0 Å². The lowest BCUT2D eigenvalue weighted by atomic mass is 10.2. The summed E-state index contributed by atoms with van der Waals surface area (Å²) in [7, 11) is 1.84. The minimum atomic E-state index is -0.0171. The summed E-state index contributed by atoms with van der Waals surface area (Å²) in [5.41, 5.74) is 1.59. The number of fused-ring (bicyclic) bond motifs is 1. The van der Waals surface area contributed by atoms with E-state index in [0.717, 1.165) is 16.7 Å². The number of pyridine rings is 1. The third-order valence-corrected chi connectivity index (χ3v) is 3.55. The fourth-order valence-corrected chi connectivity index (χ4v) is 2.71. The molecule has 0 fully saturated rings. The molecule has 0 radical (unpaired) electrons. The van der Waals surface area contributed by atoms with E-state index < -0.39 is 0 Å². The van der Waals surface area contributed by atoms with E-state index in [1.807, 2.05) is 52.6 Å². The molecule has 0 spiro atoms. The molecule has 2 rings (SSSR count). The molecule has 0 N–H and O–H groups in total.